The average molecular weight is 290 g/mol. The molecule has 2 heterocycles. The second-order valence-corrected chi connectivity index (χ2v) is 4.44. The Morgan fingerprint density at radius 2 is 2.15 bits per heavy atom. The molecule has 0 N–H and O–H groups in total. The quantitative estimate of drug-likeness (QED) is 0.802. The zero-order valence-electron chi connectivity index (χ0n) is 10.4. The molecule has 0 bridgehead atoms. The van der Waals surface area contributed by atoms with Crippen LogP contribution in [0, 0.1) is 11.3 Å². The fourth-order valence-electron chi connectivity index (χ4n) is 1.63. The lowest BCUT2D eigenvalue weighted by atomic mass is 9.94. The van der Waals surface area contributed by atoms with E-state index in [9.17, 15) is 17.6 Å². The lowest BCUT2D eigenvalue weighted by molar-refractivity contribution is -0.190. The summed E-state index contributed by atoms with van der Waals surface area (Å²) in [7, 11) is 0. The number of halogens is 4. The maximum absolute atomic E-state index is 14.3. The van der Waals surface area contributed by atoms with E-state index in [1.807, 2.05) is 0 Å². The van der Waals surface area contributed by atoms with Crippen molar-refractivity contribution in [2.24, 2.45) is 0 Å². The van der Waals surface area contributed by atoms with Crippen molar-refractivity contribution >= 4 is 0 Å². The van der Waals surface area contributed by atoms with Gasteiger partial charge in [-0.1, -0.05) is 0 Å². The zero-order valence-corrected chi connectivity index (χ0v) is 10.4. The fourth-order valence-corrected chi connectivity index (χ4v) is 1.63. The third-order valence-electron chi connectivity index (χ3n) is 2.89. The van der Waals surface area contributed by atoms with Crippen LogP contribution in [-0.2, 0) is 10.4 Å². The van der Waals surface area contributed by atoms with Crippen molar-refractivity contribution in [1.82, 2.24) is 4.98 Å². The van der Waals surface area contributed by atoms with E-state index in [4.69, 9.17) is 14.7 Å². The van der Waals surface area contributed by atoms with E-state index in [0.717, 1.165) is 19.2 Å². The third-order valence-corrected chi connectivity index (χ3v) is 2.89. The largest absolute Gasteiger partial charge is 0.481 e. The van der Waals surface area contributed by atoms with E-state index in [2.05, 4.69) is 4.98 Å². The number of nitrogens with zero attached hydrogens (tertiary/aromatic N) is 2. The molecule has 1 aliphatic heterocycles. The fraction of sp³-hybridized carbons (Fsp3) is 0.500. The Balaban J connectivity index is 2.36. The van der Waals surface area contributed by atoms with Crippen LogP contribution in [0.3, 0.4) is 0 Å². The summed E-state index contributed by atoms with van der Waals surface area (Å²) in [4.78, 5) is 3.66. The van der Waals surface area contributed by atoms with Crippen molar-refractivity contribution in [3.63, 3.8) is 0 Å². The second-order valence-electron chi connectivity index (χ2n) is 4.44. The normalized spacial score (nSPS) is 18.8. The van der Waals surface area contributed by atoms with Gasteiger partial charge in [0.25, 0.3) is 0 Å². The van der Waals surface area contributed by atoms with Gasteiger partial charge in [-0.05, 0) is 6.92 Å². The van der Waals surface area contributed by atoms with E-state index in [0.29, 0.717) is 0 Å². The van der Waals surface area contributed by atoms with Gasteiger partial charge in [0.05, 0.1) is 18.8 Å². The van der Waals surface area contributed by atoms with Gasteiger partial charge in [0, 0.05) is 12.3 Å². The molecule has 4 nitrogen and oxygen atoms in total. The van der Waals surface area contributed by atoms with Crippen LogP contribution in [0.4, 0.5) is 17.6 Å². The average Bonchev–Trinajstić information content (AvgIpc) is 2.34. The molecule has 1 aromatic rings. The van der Waals surface area contributed by atoms with Gasteiger partial charge < -0.3 is 9.47 Å². The van der Waals surface area contributed by atoms with Crippen LogP contribution < -0.4 is 4.74 Å². The van der Waals surface area contributed by atoms with Crippen LogP contribution in [-0.4, -0.2) is 30.5 Å². The minimum atomic E-state index is -4.59. The molecule has 0 saturated carbocycles. The number of hydrogen-bond donors (Lipinski definition) is 0. The molecular formula is C12H10F4N2O2. The number of aromatic nitrogens is 1. The third kappa shape index (κ3) is 2.67. The molecule has 108 valence electrons. The van der Waals surface area contributed by atoms with Gasteiger partial charge in [-0.3, -0.25) is 0 Å². The highest BCUT2D eigenvalue weighted by molar-refractivity contribution is 5.42. The molecule has 1 fully saturated rings. The van der Waals surface area contributed by atoms with Crippen molar-refractivity contribution < 1.29 is 27.0 Å². The Hall–Kier alpha value is -1.88. The molecule has 0 amide bonds. The summed E-state index contributed by atoms with van der Waals surface area (Å²) in [5.41, 5.74) is -2.22. The van der Waals surface area contributed by atoms with E-state index >= 15 is 0 Å². The predicted octanol–water partition coefficient (Wildman–Crippen LogP) is 2.48. The maximum Gasteiger partial charge on any atom is 0.425 e. The number of rotatable bonds is 3. The first-order valence-corrected chi connectivity index (χ1v) is 5.67. The molecule has 0 aromatic carbocycles. The van der Waals surface area contributed by atoms with Crippen molar-refractivity contribution in [2.45, 2.75) is 24.9 Å². The van der Waals surface area contributed by atoms with Gasteiger partial charge in [-0.25, -0.2) is 9.37 Å². The second kappa shape index (κ2) is 4.90. The highest BCUT2D eigenvalue weighted by Crippen LogP contribution is 2.40. The highest BCUT2D eigenvalue weighted by Gasteiger charge is 2.45. The van der Waals surface area contributed by atoms with E-state index < -0.39 is 17.9 Å². The number of ether oxygens (including phenoxy) is 2. The van der Waals surface area contributed by atoms with Crippen LogP contribution in [0.15, 0.2) is 12.3 Å². The summed E-state index contributed by atoms with van der Waals surface area (Å²) in [6.07, 6.45) is -5.70. The summed E-state index contributed by atoms with van der Waals surface area (Å²) in [6.45, 7) is 0.243. The minimum Gasteiger partial charge on any atom is -0.481 e. The molecule has 8 heteroatoms. The number of alkyl halides is 4. The van der Waals surface area contributed by atoms with Crippen molar-refractivity contribution in [3.05, 3.63) is 23.5 Å². The van der Waals surface area contributed by atoms with Gasteiger partial charge in [0.2, 0.25) is 0 Å². The van der Waals surface area contributed by atoms with Gasteiger partial charge in [0.1, 0.15) is 17.5 Å². The van der Waals surface area contributed by atoms with E-state index in [1.54, 1.807) is 6.07 Å². The van der Waals surface area contributed by atoms with Crippen molar-refractivity contribution in [1.29, 1.82) is 5.26 Å². The van der Waals surface area contributed by atoms with Gasteiger partial charge >= 0.3 is 6.18 Å². The number of pyridine rings is 1. The maximum atomic E-state index is 14.3. The molecular weight excluding hydrogens is 280 g/mol. The molecule has 0 radical (unpaired) electrons. The summed E-state index contributed by atoms with van der Waals surface area (Å²) >= 11 is 0. The molecule has 1 atom stereocenters. The van der Waals surface area contributed by atoms with Crippen LogP contribution in [0.5, 0.6) is 5.75 Å². The minimum absolute atomic E-state index is 0.140. The van der Waals surface area contributed by atoms with Crippen molar-refractivity contribution in [2.75, 3.05) is 13.2 Å². The SMILES string of the molecule is C[C@H](Oc1cc(C#N)ncc1C1(F)COC1)C(F)(F)F. The number of hydrogen-bond acceptors (Lipinski definition) is 4. The van der Waals surface area contributed by atoms with Crippen LogP contribution in [0.2, 0.25) is 0 Å². The monoisotopic (exact) mass is 290 g/mol. The van der Waals surface area contributed by atoms with Crippen LogP contribution in [0.25, 0.3) is 0 Å². The molecule has 1 aliphatic rings. The smallest absolute Gasteiger partial charge is 0.425 e. The lowest BCUT2D eigenvalue weighted by Gasteiger charge is -2.35. The Bertz CT molecular complexity index is 549. The van der Waals surface area contributed by atoms with Gasteiger partial charge in [-0.2, -0.15) is 18.4 Å². The molecule has 0 unspecified atom stereocenters. The van der Waals surface area contributed by atoms with E-state index in [1.165, 1.54) is 0 Å². The Morgan fingerprint density at radius 3 is 2.60 bits per heavy atom. The van der Waals surface area contributed by atoms with Gasteiger partial charge in [0.15, 0.2) is 11.8 Å². The van der Waals surface area contributed by atoms with E-state index in [-0.39, 0.29) is 30.2 Å². The lowest BCUT2D eigenvalue weighted by Crippen LogP contribution is -2.43. The zero-order chi connectivity index (χ0) is 15.0. The molecule has 0 spiro atoms. The first-order chi connectivity index (χ1) is 9.26. The molecule has 1 saturated heterocycles. The van der Waals surface area contributed by atoms with Gasteiger partial charge in [-0.15, -0.1) is 0 Å². The standard InChI is InChI=1S/C12H10F4N2O2/c1-7(12(14,15)16)20-10-2-8(3-17)18-4-9(10)11(13)5-19-6-11/h2,4,7H,5-6H2,1H3/t7-/m0/s1. The van der Waals surface area contributed by atoms with Crippen molar-refractivity contribution in [3.8, 4) is 11.8 Å². The molecule has 2 rings (SSSR count). The predicted molar refractivity (Wildman–Crippen MR) is 58.7 cm³/mol. The topological polar surface area (TPSA) is 55.1 Å². The van der Waals surface area contributed by atoms with Crippen LogP contribution in [0.1, 0.15) is 18.2 Å². The first-order valence-electron chi connectivity index (χ1n) is 5.67. The number of nitriles is 1. The molecule has 0 aliphatic carbocycles. The summed E-state index contributed by atoms with van der Waals surface area (Å²) < 4.78 is 61.3. The Kier molecular flexibility index (Phi) is 3.56. The summed E-state index contributed by atoms with van der Waals surface area (Å²) in [6, 6.07) is 2.67. The summed E-state index contributed by atoms with van der Waals surface area (Å²) in [5.74, 6) is -0.341. The molecule has 1 aromatic heterocycles. The van der Waals surface area contributed by atoms with Crippen LogP contribution >= 0.6 is 0 Å². The highest BCUT2D eigenvalue weighted by atomic mass is 19.4. The Labute approximate surface area is 111 Å². The summed E-state index contributed by atoms with van der Waals surface area (Å²) in [5, 5.41) is 8.71. The first kappa shape index (κ1) is 14.5. The Morgan fingerprint density at radius 1 is 1.50 bits per heavy atom. The molecule has 20 heavy (non-hydrogen) atoms.